The van der Waals surface area contributed by atoms with Crippen LogP contribution in [0.4, 0.5) is 13.2 Å². The summed E-state index contributed by atoms with van der Waals surface area (Å²) in [7, 11) is 0. The van der Waals surface area contributed by atoms with Crippen molar-refractivity contribution in [1.82, 2.24) is 0 Å². The Morgan fingerprint density at radius 3 is 2.24 bits per heavy atom. The summed E-state index contributed by atoms with van der Waals surface area (Å²) in [5, 5.41) is 0. The SMILES string of the molecule is CC(C)C(N)C(=O)c1ccccc1C(F)(F)F. The van der Waals surface area contributed by atoms with E-state index in [1.54, 1.807) is 13.8 Å². The largest absolute Gasteiger partial charge is 0.417 e. The Hall–Kier alpha value is -1.36. The second kappa shape index (κ2) is 4.87. The second-order valence-electron chi connectivity index (χ2n) is 4.18. The molecule has 94 valence electrons. The molecule has 0 fully saturated rings. The number of ketones is 1. The van der Waals surface area contributed by atoms with Crippen molar-refractivity contribution in [2.75, 3.05) is 0 Å². The van der Waals surface area contributed by atoms with Crippen molar-refractivity contribution < 1.29 is 18.0 Å². The highest BCUT2D eigenvalue weighted by Gasteiger charge is 2.36. The van der Waals surface area contributed by atoms with Crippen LogP contribution in [0.15, 0.2) is 24.3 Å². The third kappa shape index (κ3) is 3.06. The standard InChI is InChI=1S/C12H14F3NO/c1-7(2)10(16)11(17)8-5-3-4-6-9(8)12(13,14)15/h3-7,10H,16H2,1-2H3. The van der Waals surface area contributed by atoms with E-state index in [0.717, 1.165) is 12.1 Å². The average molecular weight is 245 g/mol. The smallest absolute Gasteiger partial charge is 0.321 e. The molecule has 0 saturated carbocycles. The molecule has 1 unspecified atom stereocenters. The van der Waals surface area contributed by atoms with Crippen LogP contribution in [0.2, 0.25) is 0 Å². The monoisotopic (exact) mass is 245 g/mol. The summed E-state index contributed by atoms with van der Waals surface area (Å²) in [6.45, 7) is 3.39. The highest BCUT2D eigenvalue weighted by atomic mass is 19.4. The molecule has 0 bridgehead atoms. The lowest BCUT2D eigenvalue weighted by Crippen LogP contribution is -2.36. The highest BCUT2D eigenvalue weighted by Crippen LogP contribution is 2.32. The van der Waals surface area contributed by atoms with Crippen molar-refractivity contribution in [3.63, 3.8) is 0 Å². The predicted octanol–water partition coefficient (Wildman–Crippen LogP) is 2.87. The number of hydrogen-bond acceptors (Lipinski definition) is 2. The normalized spacial score (nSPS) is 13.8. The number of alkyl halides is 3. The molecule has 0 radical (unpaired) electrons. The molecule has 5 heteroatoms. The van der Waals surface area contributed by atoms with Gasteiger partial charge >= 0.3 is 6.18 Å². The maximum absolute atomic E-state index is 12.7. The van der Waals surface area contributed by atoms with E-state index in [0.29, 0.717) is 0 Å². The number of benzene rings is 1. The van der Waals surface area contributed by atoms with Crippen LogP contribution in [-0.2, 0) is 6.18 Å². The summed E-state index contributed by atoms with van der Waals surface area (Å²) in [6.07, 6.45) is -4.54. The predicted molar refractivity (Wildman–Crippen MR) is 58.6 cm³/mol. The number of carbonyl (C=O) groups is 1. The minimum absolute atomic E-state index is 0.205. The first-order chi connectivity index (χ1) is 7.75. The Morgan fingerprint density at radius 1 is 1.24 bits per heavy atom. The van der Waals surface area contributed by atoms with Gasteiger partial charge in [0.05, 0.1) is 11.6 Å². The molecule has 17 heavy (non-hydrogen) atoms. The van der Waals surface area contributed by atoms with Gasteiger partial charge in [-0.05, 0) is 12.0 Å². The summed E-state index contributed by atoms with van der Waals surface area (Å²) >= 11 is 0. The Balaban J connectivity index is 3.19. The van der Waals surface area contributed by atoms with Crippen LogP contribution in [0.3, 0.4) is 0 Å². The Kier molecular flexibility index (Phi) is 3.93. The van der Waals surface area contributed by atoms with Crippen molar-refractivity contribution in [2.45, 2.75) is 26.1 Å². The van der Waals surface area contributed by atoms with E-state index in [1.807, 2.05) is 0 Å². The first-order valence-electron chi connectivity index (χ1n) is 5.21. The molecule has 0 saturated heterocycles. The zero-order chi connectivity index (χ0) is 13.2. The number of Topliss-reactive ketones (excluding diaryl/α,β-unsaturated/α-hetero) is 1. The van der Waals surface area contributed by atoms with Gasteiger partial charge in [-0.3, -0.25) is 4.79 Å². The lowest BCUT2D eigenvalue weighted by Gasteiger charge is -2.17. The van der Waals surface area contributed by atoms with E-state index in [4.69, 9.17) is 5.73 Å². The van der Waals surface area contributed by atoms with Crippen LogP contribution < -0.4 is 5.73 Å². The van der Waals surface area contributed by atoms with Gasteiger partial charge in [0.25, 0.3) is 0 Å². The molecule has 0 spiro atoms. The molecule has 1 atom stereocenters. The molecule has 1 rings (SSSR count). The lowest BCUT2D eigenvalue weighted by atomic mass is 9.93. The van der Waals surface area contributed by atoms with E-state index in [2.05, 4.69) is 0 Å². The van der Waals surface area contributed by atoms with Crippen LogP contribution in [0, 0.1) is 5.92 Å². The quantitative estimate of drug-likeness (QED) is 0.832. The van der Waals surface area contributed by atoms with Crippen LogP contribution in [0.5, 0.6) is 0 Å². The molecule has 0 amide bonds. The van der Waals surface area contributed by atoms with Crippen LogP contribution in [0.1, 0.15) is 29.8 Å². The van der Waals surface area contributed by atoms with Crippen LogP contribution >= 0.6 is 0 Å². The van der Waals surface area contributed by atoms with Crippen LogP contribution in [0.25, 0.3) is 0 Å². The van der Waals surface area contributed by atoms with Crippen molar-refractivity contribution in [1.29, 1.82) is 0 Å². The summed E-state index contributed by atoms with van der Waals surface area (Å²) < 4.78 is 38.0. The van der Waals surface area contributed by atoms with E-state index in [9.17, 15) is 18.0 Å². The maximum atomic E-state index is 12.7. The minimum atomic E-state index is -4.54. The Morgan fingerprint density at radius 2 is 1.76 bits per heavy atom. The zero-order valence-electron chi connectivity index (χ0n) is 9.58. The molecule has 0 aliphatic rings. The van der Waals surface area contributed by atoms with E-state index < -0.39 is 23.6 Å². The molecular weight excluding hydrogens is 231 g/mol. The van der Waals surface area contributed by atoms with Crippen molar-refractivity contribution in [3.8, 4) is 0 Å². The van der Waals surface area contributed by atoms with Gasteiger partial charge in [0.1, 0.15) is 0 Å². The number of carbonyl (C=O) groups excluding carboxylic acids is 1. The fourth-order valence-electron chi connectivity index (χ4n) is 1.43. The minimum Gasteiger partial charge on any atom is -0.321 e. The first-order valence-corrected chi connectivity index (χ1v) is 5.21. The number of hydrogen-bond donors (Lipinski definition) is 1. The molecule has 0 aromatic heterocycles. The first kappa shape index (κ1) is 13.7. The molecule has 1 aromatic rings. The lowest BCUT2D eigenvalue weighted by molar-refractivity contribution is -0.137. The molecule has 2 nitrogen and oxygen atoms in total. The number of halogens is 3. The summed E-state index contributed by atoms with van der Waals surface area (Å²) in [5.41, 5.74) is 4.30. The summed E-state index contributed by atoms with van der Waals surface area (Å²) in [5.74, 6) is -0.878. The molecule has 1 aromatic carbocycles. The Bertz CT molecular complexity index is 412. The van der Waals surface area contributed by atoms with Gasteiger partial charge < -0.3 is 5.73 Å². The van der Waals surface area contributed by atoms with Gasteiger partial charge in [-0.25, -0.2) is 0 Å². The fourth-order valence-corrected chi connectivity index (χ4v) is 1.43. The average Bonchev–Trinajstić information content (AvgIpc) is 2.25. The Labute approximate surface area is 97.6 Å². The van der Waals surface area contributed by atoms with Gasteiger partial charge in [-0.1, -0.05) is 32.0 Å². The van der Waals surface area contributed by atoms with Gasteiger partial charge in [0, 0.05) is 5.56 Å². The third-order valence-corrected chi connectivity index (χ3v) is 2.52. The molecule has 0 aliphatic heterocycles. The topological polar surface area (TPSA) is 43.1 Å². The van der Waals surface area contributed by atoms with Crippen molar-refractivity contribution in [3.05, 3.63) is 35.4 Å². The summed E-state index contributed by atoms with van der Waals surface area (Å²) in [6, 6.07) is 3.78. The van der Waals surface area contributed by atoms with Gasteiger partial charge in [-0.2, -0.15) is 13.2 Å². The number of nitrogens with two attached hydrogens (primary N) is 1. The highest BCUT2D eigenvalue weighted by molar-refractivity contribution is 6.01. The van der Waals surface area contributed by atoms with Gasteiger partial charge in [0.15, 0.2) is 5.78 Å². The van der Waals surface area contributed by atoms with Gasteiger partial charge in [0.2, 0.25) is 0 Å². The van der Waals surface area contributed by atoms with Crippen molar-refractivity contribution in [2.24, 2.45) is 11.7 Å². The van der Waals surface area contributed by atoms with Crippen molar-refractivity contribution >= 4 is 5.78 Å². The van der Waals surface area contributed by atoms with E-state index in [1.165, 1.54) is 12.1 Å². The third-order valence-electron chi connectivity index (χ3n) is 2.52. The molecular formula is C12H14F3NO. The molecule has 0 heterocycles. The van der Waals surface area contributed by atoms with Crippen LogP contribution in [-0.4, -0.2) is 11.8 Å². The number of rotatable bonds is 3. The van der Waals surface area contributed by atoms with E-state index in [-0.39, 0.29) is 11.5 Å². The summed E-state index contributed by atoms with van der Waals surface area (Å²) in [4.78, 5) is 11.8. The second-order valence-corrected chi connectivity index (χ2v) is 4.18. The zero-order valence-corrected chi connectivity index (χ0v) is 9.58. The molecule has 0 aliphatic carbocycles. The fraction of sp³-hybridized carbons (Fsp3) is 0.417. The van der Waals surface area contributed by atoms with E-state index >= 15 is 0 Å². The van der Waals surface area contributed by atoms with Gasteiger partial charge in [-0.15, -0.1) is 0 Å². The maximum Gasteiger partial charge on any atom is 0.417 e. The molecule has 2 N–H and O–H groups in total.